The first kappa shape index (κ1) is 21.2. The van der Waals surface area contributed by atoms with Crippen molar-refractivity contribution in [2.24, 2.45) is 0 Å². The molecule has 1 amide bonds. The average molecular weight is 435 g/mol. The molecule has 3 aromatic rings. The summed E-state index contributed by atoms with van der Waals surface area (Å²) in [6, 6.07) is 15.5. The first-order valence-electron chi connectivity index (χ1n) is 8.58. The molecule has 0 saturated carbocycles. The van der Waals surface area contributed by atoms with E-state index in [9.17, 15) is 18.0 Å². The Hall–Kier alpha value is -3.51. The summed E-state index contributed by atoms with van der Waals surface area (Å²) in [4.78, 5) is 12.1. The molecule has 154 valence electrons. The second-order valence-electron chi connectivity index (χ2n) is 6.10. The van der Waals surface area contributed by atoms with E-state index in [-0.39, 0.29) is 23.0 Å². The number of nitrogens with zero attached hydrogens (tertiary/aromatic N) is 3. The van der Waals surface area contributed by atoms with E-state index < -0.39 is 24.4 Å². The van der Waals surface area contributed by atoms with Crippen LogP contribution in [0.15, 0.2) is 54.6 Å². The number of benzene rings is 2. The molecule has 30 heavy (non-hydrogen) atoms. The van der Waals surface area contributed by atoms with Crippen molar-refractivity contribution in [3.05, 3.63) is 70.9 Å². The predicted molar refractivity (Wildman–Crippen MR) is 103 cm³/mol. The fourth-order valence-corrected chi connectivity index (χ4v) is 2.75. The van der Waals surface area contributed by atoms with Crippen molar-refractivity contribution >= 4 is 23.2 Å². The molecule has 0 atom stereocenters. The summed E-state index contributed by atoms with van der Waals surface area (Å²) in [6.07, 6.45) is -4.46. The minimum absolute atomic E-state index is 0.168. The van der Waals surface area contributed by atoms with Crippen molar-refractivity contribution in [1.29, 1.82) is 5.26 Å². The number of ether oxygens (including phenoxy) is 1. The molecule has 0 aliphatic heterocycles. The molecule has 0 bridgehead atoms. The Bertz CT molecular complexity index is 1090. The Morgan fingerprint density at radius 2 is 1.90 bits per heavy atom. The molecule has 10 heteroatoms. The zero-order valence-corrected chi connectivity index (χ0v) is 16.0. The summed E-state index contributed by atoms with van der Waals surface area (Å²) < 4.78 is 45.5. The van der Waals surface area contributed by atoms with Crippen molar-refractivity contribution in [2.75, 3.05) is 11.9 Å². The van der Waals surface area contributed by atoms with E-state index in [2.05, 4.69) is 10.4 Å². The number of hydrogen-bond acceptors (Lipinski definition) is 4. The Morgan fingerprint density at radius 1 is 1.20 bits per heavy atom. The summed E-state index contributed by atoms with van der Waals surface area (Å²) in [5, 5.41) is 14.9. The van der Waals surface area contributed by atoms with Gasteiger partial charge in [0.1, 0.15) is 0 Å². The molecule has 0 spiro atoms. The first-order valence-corrected chi connectivity index (χ1v) is 8.96. The van der Waals surface area contributed by atoms with Crippen molar-refractivity contribution in [2.45, 2.75) is 12.6 Å². The molecule has 0 radical (unpaired) electrons. The van der Waals surface area contributed by atoms with Gasteiger partial charge in [0.05, 0.1) is 23.2 Å². The van der Waals surface area contributed by atoms with E-state index in [0.717, 1.165) is 10.2 Å². The Kier molecular flexibility index (Phi) is 6.28. The third-order valence-corrected chi connectivity index (χ3v) is 4.24. The fourth-order valence-electron chi connectivity index (χ4n) is 2.54. The molecule has 6 nitrogen and oxygen atoms in total. The smallest absolute Gasteiger partial charge is 0.435 e. The second kappa shape index (κ2) is 8.88. The van der Waals surface area contributed by atoms with Gasteiger partial charge in [-0.1, -0.05) is 35.9 Å². The SMILES string of the molecule is N#CCc1ccc(NC(=O)COc2cc(C(F)(F)F)nn2-c2ccccc2Cl)cc1. The molecule has 0 aliphatic carbocycles. The van der Waals surface area contributed by atoms with Gasteiger partial charge in [0.25, 0.3) is 5.91 Å². The molecule has 2 aromatic carbocycles. The first-order chi connectivity index (χ1) is 14.3. The quantitative estimate of drug-likeness (QED) is 0.613. The summed E-state index contributed by atoms with van der Waals surface area (Å²) in [6.45, 7) is -0.548. The van der Waals surface area contributed by atoms with Gasteiger partial charge in [-0.2, -0.15) is 28.2 Å². The van der Waals surface area contributed by atoms with E-state index in [0.29, 0.717) is 11.8 Å². The van der Waals surface area contributed by atoms with Crippen LogP contribution in [0.4, 0.5) is 18.9 Å². The van der Waals surface area contributed by atoms with Gasteiger partial charge in [-0.05, 0) is 29.8 Å². The molecule has 1 N–H and O–H groups in total. The highest BCUT2D eigenvalue weighted by Gasteiger charge is 2.36. The summed E-state index contributed by atoms with van der Waals surface area (Å²) >= 11 is 6.06. The minimum atomic E-state index is -4.70. The van der Waals surface area contributed by atoms with Crippen LogP contribution in [0.1, 0.15) is 11.3 Å². The van der Waals surface area contributed by atoms with Crippen molar-refractivity contribution < 1.29 is 22.7 Å². The van der Waals surface area contributed by atoms with Gasteiger partial charge in [0, 0.05) is 11.8 Å². The normalized spacial score (nSPS) is 11.0. The molecule has 0 saturated heterocycles. The zero-order chi connectivity index (χ0) is 21.7. The van der Waals surface area contributed by atoms with Gasteiger partial charge in [-0.25, -0.2) is 0 Å². The van der Waals surface area contributed by atoms with Crippen molar-refractivity contribution in [3.8, 4) is 17.6 Å². The number of aromatic nitrogens is 2. The minimum Gasteiger partial charge on any atom is -0.467 e. The van der Waals surface area contributed by atoms with Gasteiger partial charge >= 0.3 is 6.18 Å². The van der Waals surface area contributed by atoms with Crippen LogP contribution < -0.4 is 10.1 Å². The molecule has 0 unspecified atom stereocenters. The number of rotatable bonds is 6. The van der Waals surface area contributed by atoms with Gasteiger partial charge in [0.2, 0.25) is 5.88 Å². The second-order valence-corrected chi connectivity index (χ2v) is 6.50. The van der Waals surface area contributed by atoms with Crippen LogP contribution in [0.25, 0.3) is 5.69 Å². The topological polar surface area (TPSA) is 79.9 Å². The van der Waals surface area contributed by atoms with Gasteiger partial charge in [-0.15, -0.1) is 0 Å². The largest absolute Gasteiger partial charge is 0.467 e. The zero-order valence-electron chi connectivity index (χ0n) is 15.3. The van der Waals surface area contributed by atoms with Crippen LogP contribution in [0.3, 0.4) is 0 Å². The number of para-hydroxylation sites is 1. The van der Waals surface area contributed by atoms with E-state index >= 15 is 0 Å². The highest BCUT2D eigenvalue weighted by molar-refractivity contribution is 6.32. The number of anilines is 1. The van der Waals surface area contributed by atoms with Crippen LogP contribution in [0.5, 0.6) is 5.88 Å². The highest BCUT2D eigenvalue weighted by Crippen LogP contribution is 2.33. The average Bonchev–Trinajstić information content (AvgIpc) is 3.13. The molecular weight excluding hydrogens is 421 g/mol. The molecule has 3 rings (SSSR count). The predicted octanol–water partition coefficient (Wildman–Crippen LogP) is 4.63. The van der Waals surface area contributed by atoms with E-state index in [1.54, 1.807) is 36.4 Å². The number of carbonyl (C=O) groups is 1. The lowest BCUT2D eigenvalue weighted by molar-refractivity contribution is -0.141. The summed E-state index contributed by atoms with van der Waals surface area (Å²) in [5.74, 6) is -0.863. The maximum absolute atomic E-state index is 13.1. The van der Waals surface area contributed by atoms with E-state index in [1.165, 1.54) is 12.1 Å². The Morgan fingerprint density at radius 3 is 2.53 bits per heavy atom. The standard InChI is InChI=1S/C20H14ClF3N4O2/c21-15-3-1-2-4-16(15)28-19(11-17(27-28)20(22,23)24)30-12-18(29)26-14-7-5-13(6-8-14)9-10-25/h1-8,11H,9,12H2,(H,26,29). The number of halogens is 4. The molecule has 1 aromatic heterocycles. The number of hydrogen-bond donors (Lipinski definition) is 1. The lowest BCUT2D eigenvalue weighted by atomic mass is 10.1. The van der Waals surface area contributed by atoms with Crippen LogP contribution in [-0.4, -0.2) is 22.3 Å². The van der Waals surface area contributed by atoms with Crippen molar-refractivity contribution in [3.63, 3.8) is 0 Å². The molecular formula is C20H14ClF3N4O2. The Labute approximate surface area is 174 Å². The van der Waals surface area contributed by atoms with Crippen molar-refractivity contribution in [1.82, 2.24) is 9.78 Å². The lowest BCUT2D eigenvalue weighted by Gasteiger charge is -2.11. The fraction of sp³-hybridized carbons (Fsp3) is 0.150. The van der Waals surface area contributed by atoms with Crippen LogP contribution in [0.2, 0.25) is 5.02 Å². The van der Waals surface area contributed by atoms with Crippen LogP contribution in [0, 0.1) is 11.3 Å². The van der Waals surface area contributed by atoms with E-state index in [4.69, 9.17) is 21.6 Å². The summed E-state index contributed by atoms with van der Waals surface area (Å²) in [7, 11) is 0. The molecule has 1 heterocycles. The molecule has 0 aliphatic rings. The maximum Gasteiger partial charge on any atom is 0.435 e. The Balaban J connectivity index is 1.75. The third-order valence-electron chi connectivity index (χ3n) is 3.92. The molecule has 0 fully saturated rings. The number of amides is 1. The van der Waals surface area contributed by atoms with Crippen LogP contribution >= 0.6 is 11.6 Å². The monoisotopic (exact) mass is 434 g/mol. The lowest BCUT2D eigenvalue weighted by Crippen LogP contribution is -2.21. The highest BCUT2D eigenvalue weighted by atomic mass is 35.5. The number of carbonyl (C=O) groups excluding carboxylic acids is 1. The number of nitriles is 1. The van der Waals surface area contributed by atoms with Crippen LogP contribution in [-0.2, 0) is 17.4 Å². The third kappa shape index (κ3) is 5.10. The van der Waals surface area contributed by atoms with E-state index in [1.807, 2.05) is 6.07 Å². The number of nitrogens with one attached hydrogen (secondary N) is 1. The van der Waals surface area contributed by atoms with Gasteiger partial charge in [0.15, 0.2) is 12.3 Å². The number of alkyl halides is 3. The van der Waals surface area contributed by atoms with Gasteiger partial charge < -0.3 is 10.1 Å². The summed E-state index contributed by atoms with van der Waals surface area (Å²) in [5.41, 5.74) is 0.250. The van der Waals surface area contributed by atoms with Gasteiger partial charge in [-0.3, -0.25) is 4.79 Å². The maximum atomic E-state index is 13.1.